The third-order valence-corrected chi connectivity index (χ3v) is 5.13. The fourth-order valence-electron chi connectivity index (χ4n) is 2.47. The van der Waals surface area contributed by atoms with E-state index in [-0.39, 0.29) is 11.4 Å². The molecular formula is C16H16N2O4S. The molecule has 0 amide bonds. The van der Waals surface area contributed by atoms with E-state index in [1.165, 1.54) is 0 Å². The topological polar surface area (TPSA) is 92.2 Å². The maximum atomic E-state index is 12.4. The van der Waals surface area contributed by atoms with Crippen molar-refractivity contribution in [2.45, 2.75) is 25.3 Å². The number of benzene rings is 2. The van der Waals surface area contributed by atoms with Gasteiger partial charge in [0.05, 0.1) is 10.4 Å². The van der Waals surface area contributed by atoms with Crippen molar-refractivity contribution >= 4 is 21.1 Å². The summed E-state index contributed by atoms with van der Waals surface area (Å²) in [4.78, 5) is 13.9. The van der Waals surface area contributed by atoms with Crippen LogP contribution >= 0.6 is 0 Å². The molecule has 0 unspecified atom stereocenters. The summed E-state index contributed by atoms with van der Waals surface area (Å²) in [6, 6.07) is 10.2. The number of oxazole rings is 1. The van der Waals surface area contributed by atoms with Gasteiger partial charge in [-0.15, -0.1) is 0 Å². The molecule has 0 aliphatic rings. The number of hydrogen-bond acceptors (Lipinski definition) is 4. The average molecular weight is 332 g/mol. The summed E-state index contributed by atoms with van der Waals surface area (Å²) < 4.78 is 32.3. The number of H-pyrrole nitrogens is 1. The van der Waals surface area contributed by atoms with Crippen LogP contribution in [0.5, 0.6) is 0 Å². The molecule has 2 aromatic carbocycles. The second-order valence-electron chi connectivity index (χ2n) is 5.44. The molecule has 0 saturated carbocycles. The van der Waals surface area contributed by atoms with Gasteiger partial charge in [-0.05, 0) is 43.2 Å². The predicted octanol–water partition coefficient (Wildman–Crippen LogP) is 2.22. The van der Waals surface area contributed by atoms with Gasteiger partial charge in [-0.1, -0.05) is 23.8 Å². The lowest BCUT2D eigenvalue weighted by molar-refractivity contribution is 0.555. The molecule has 2 N–H and O–H groups in total. The fraction of sp³-hybridized carbons (Fsp3) is 0.188. The van der Waals surface area contributed by atoms with Crippen molar-refractivity contribution in [3.63, 3.8) is 0 Å². The molecule has 7 heteroatoms. The van der Waals surface area contributed by atoms with Gasteiger partial charge in [0, 0.05) is 6.54 Å². The van der Waals surface area contributed by atoms with Crippen molar-refractivity contribution in [3.05, 3.63) is 63.6 Å². The van der Waals surface area contributed by atoms with Gasteiger partial charge < -0.3 is 4.42 Å². The monoisotopic (exact) mass is 332 g/mol. The number of sulfonamides is 1. The highest BCUT2D eigenvalue weighted by Crippen LogP contribution is 2.17. The van der Waals surface area contributed by atoms with E-state index >= 15 is 0 Å². The van der Waals surface area contributed by atoms with Crippen molar-refractivity contribution in [3.8, 4) is 0 Å². The van der Waals surface area contributed by atoms with Gasteiger partial charge in [0.25, 0.3) is 0 Å². The Kier molecular flexibility index (Phi) is 3.83. The van der Waals surface area contributed by atoms with Crippen LogP contribution in [0.3, 0.4) is 0 Å². The van der Waals surface area contributed by atoms with E-state index in [2.05, 4.69) is 9.71 Å². The van der Waals surface area contributed by atoms with Gasteiger partial charge in [-0.2, -0.15) is 0 Å². The van der Waals surface area contributed by atoms with Crippen LogP contribution in [-0.4, -0.2) is 13.4 Å². The molecule has 0 fully saturated rings. The minimum absolute atomic E-state index is 0.124. The summed E-state index contributed by atoms with van der Waals surface area (Å²) in [5.74, 6) is -0.534. The smallest absolute Gasteiger partial charge is 0.408 e. The molecule has 1 aromatic heterocycles. The maximum absolute atomic E-state index is 12.4. The van der Waals surface area contributed by atoms with Crippen LogP contribution in [0.2, 0.25) is 0 Å². The zero-order valence-electron chi connectivity index (χ0n) is 12.7. The standard InChI is InChI=1S/C16H16N2O4S/c1-10-3-6-15(11(2)7-10)23(20,21)17-9-12-4-5-14-13(8-12)18-16(19)22-14/h3-8,17H,9H2,1-2H3,(H,18,19). The Morgan fingerprint density at radius 2 is 1.91 bits per heavy atom. The average Bonchev–Trinajstić information content (AvgIpc) is 2.84. The predicted molar refractivity (Wildman–Crippen MR) is 86.8 cm³/mol. The number of aryl methyl sites for hydroxylation is 2. The Morgan fingerprint density at radius 3 is 2.65 bits per heavy atom. The van der Waals surface area contributed by atoms with E-state index in [1.807, 2.05) is 13.0 Å². The number of aromatic nitrogens is 1. The summed E-state index contributed by atoms with van der Waals surface area (Å²) in [6.45, 7) is 3.81. The van der Waals surface area contributed by atoms with Gasteiger partial charge in [-0.25, -0.2) is 17.9 Å². The second kappa shape index (κ2) is 5.68. The Labute approximate surface area is 133 Å². The van der Waals surface area contributed by atoms with E-state index in [9.17, 15) is 13.2 Å². The molecule has 0 spiro atoms. The summed E-state index contributed by atoms with van der Waals surface area (Å²) >= 11 is 0. The zero-order chi connectivity index (χ0) is 16.6. The molecule has 6 nitrogen and oxygen atoms in total. The first kappa shape index (κ1) is 15.5. The minimum atomic E-state index is -3.60. The van der Waals surface area contributed by atoms with E-state index in [1.54, 1.807) is 37.3 Å². The largest absolute Gasteiger partial charge is 0.417 e. The molecule has 0 bridgehead atoms. The fourth-order valence-corrected chi connectivity index (χ4v) is 3.71. The summed E-state index contributed by atoms with van der Waals surface area (Å²) in [5.41, 5.74) is 3.42. The second-order valence-corrected chi connectivity index (χ2v) is 7.17. The van der Waals surface area contributed by atoms with Crippen molar-refractivity contribution in [2.24, 2.45) is 0 Å². The van der Waals surface area contributed by atoms with Crippen LogP contribution in [0.15, 0.2) is 50.5 Å². The van der Waals surface area contributed by atoms with E-state index < -0.39 is 15.8 Å². The lowest BCUT2D eigenvalue weighted by Gasteiger charge is -2.10. The van der Waals surface area contributed by atoms with Crippen LogP contribution in [0, 0.1) is 13.8 Å². The Bertz CT molecular complexity index is 1030. The third-order valence-electron chi connectivity index (χ3n) is 3.57. The maximum Gasteiger partial charge on any atom is 0.417 e. The SMILES string of the molecule is Cc1ccc(S(=O)(=O)NCc2ccc3oc(=O)[nH]c3c2)c(C)c1. The summed E-state index contributed by atoms with van der Waals surface area (Å²) in [6.07, 6.45) is 0. The Balaban J connectivity index is 1.83. The highest BCUT2D eigenvalue weighted by atomic mass is 32.2. The van der Waals surface area contributed by atoms with Crippen molar-refractivity contribution in [2.75, 3.05) is 0 Å². The first-order valence-corrected chi connectivity index (χ1v) is 8.52. The first-order chi connectivity index (χ1) is 10.8. The van der Waals surface area contributed by atoms with Crippen LogP contribution in [0.4, 0.5) is 0 Å². The third kappa shape index (κ3) is 3.20. The van der Waals surface area contributed by atoms with Crippen LogP contribution in [0.1, 0.15) is 16.7 Å². The molecule has 0 aliphatic carbocycles. The molecular weight excluding hydrogens is 316 g/mol. The molecule has 0 saturated heterocycles. The molecule has 0 aliphatic heterocycles. The normalized spacial score (nSPS) is 11.9. The van der Waals surface area contributed by atoms with Crippen LogP contribution < -0.4 is 10.5 Å². The number of aromatic amines is 1. The highest BCUT2D eigenvalue weighted by Gasteiger charge is 2.16. The van der Waals surface area contributed by atoms with Crippen LogP contribution in [0.25, 0.3) is 11.1 Å². The zero-order valence-corrected chi connectivity index (χ0v) is 13.5. The van der Waals surface area contributed by atoms with Crippen molar-refractivity contribution < 1.29 is 12.8 Å². The highest BCUT2D eigenvalue weighted by molar-refractivity contribution is 7.89. The molecule has 1 heterocycles. The van der Waals surface area contributed by atoms with Gasteiger partial charge in [0.15, 0.2) is 5.58 Å². The molecule has 0 atom stereocenters. The van der Waals surface area contributed by atoms with E-state index in [0.29, 0.717) is 16.7 Å². The van der Waals surface area contributed by atoms with Gasteiger partial charge >= 0.3 is 5.76 Å². The lowest BCUT2D eigenvalue weighted by Crippen LogP contribution is -2.24. The number of nitrogens with one attached hydrogen (secondary N) is 2. The Morgan fingerprint density at radius 1 is 1.13 bits per heavy atom. The van der Waals surface area contributed by atoms with Crippen molar-refractivity contribution in [1.82, 2.24) is 9.71 Å². The minimum Gasteiger partial charge on any atom is -0.408 e. The van der Waals surface area contributed by atoms with E-state index in [4.69, 9.17) is 4.42 Å². The molecule has 120 valence electrons. The number of hydrogen-bond donors (Lipinski definition) is 2. The first-order valence-electron chi connectivity index (χ1n) is 7.04. The Hall–Kier alpha value is -2.38. The van der Waals surface area contributed by atoms with E-state index in [0.717, 1.165) is 11.1 Å². The number of fused-ring (bicyclic) bond motifs is 1. The van der Waals surface area contributed by atoms with Gasteiger partial charge in [-0.3, -0.25) is 4.98 Å². The lowest BCUT2D eigenvalue weighted by atomic mass is 10.2. The number of rotatable bonds is 4. The summed E-state index contributed by atoms with van der Waals surface area (Å²) in [7, 11) is -3.60. The van der Waals surface area contributed by atoms with Gasteiger partial charge in [0.2, 0.25) is 10.0 Å². The molecule has 3 aromatic rings. The summed E-state index contributed by atoms with van der Waals surface area (Å²) in [5, 5.41) is 0. The quantitative estimate of drug-likeness (QED) is 0.766. The van der Waals surface area contributed by atoms with Gasteiger partial charge in [0.1, 0.15) is 0 Å². The van der Waals surface area contributed by atoms with Crippen LogP contribution in [-0.2, 0) is 16.6 Å². The van der Waals surface area contributed by atoms with Crippen molar-refractivity contribution in [1.29, 1.82) is 0 Å². The molecule has 23 heavy (non-hydrogen) atoms. The molecule has 0 radical (unpaired) electrons. The molecule has 3 rings (SSSR count).